The Bertz CT molecular complexity index is 792. The number of nitriles is 1. The predicted molar refractivity (Wildman–Crippen MR) is 114 cm³/mol. The lowest BCUT2D eigenvalue weighted by Gasteiger charge is -2.34. The van der Waals surface area contributed by atoms with Crippen molar-refractivity contribution in [2.75, 3.05) is 19.6 Å². The van der Waals surface area contributed by atoms with Crippen LogP contribution in [0.5, 0.6) is 0 Å². The van der Waals surface area contributed by atoms with Gasteiger partial charge in [-0.05, 0) is 49.6 Å². The Labute approximate surface area is 168 Å². The molecule has 0 spiro atoms. The smallest absolute Gasteiger partial charge is 0.191 e. The van der Waals surface area contributed by atoms with E-state index in [1.54, 1.807) is 0 Å². The van der Waals surface area contributed by atoms with Gasteiger partial charge in [0.25, 0.3) is 0 Å². The summed E-state index contributed by atoms with van der Waals surface area (Å²) < 4.78 is 0. The molecule has 2 N–H and O–H groups in total. The summed E-state index contributed by atoms with van der Waals surface area (Å²) in [5, 5.41) is 15.9. The molecule has 28 heavy (non-hydrogen) atoms. The molecule has 2 aromatic rings. The molecule has 5 nitrogen and oxygen atoms in total. The van der Waals surface area contributed by atoms with Gasteiger partial charge in [-0.2, -0.15) is 5.26 Å². The van der Waals surface area contributed by atoms with E-state index in [4.69, 9.17) is 10.3 Å². The van der Waals surface area contributed by atoms with Crippen LogP contribution in [0.2, 0.25) is 0 Å². The van der Waals surface area contributed by atoms with Crippen molar-refractivity contribution in [3.63, 3.8) is 0 Å². The highest BCUT2D eigenvalue weighted by molar-refractivity contribution is 5.80. The number of hydrogen-bond donors (Lipinski definition) is 2. The number of hydrogen-bond acceptors (Lipinski definition) is 3. The molecule has 1 atom stereocenters. The molecule has 146 valence electrons. The molecule has 0 radical (unpaired) electrons. The quantitative estimate of drug-likeness (QED) is 0.601. The molecule has 2 aromatic carbocycles. The van der Waals surface area contributed by atoms with Gasteiger partial charge >= 0.3 is 0 Å². The Kier molecular flexibility index (Phi) is 7.45. The topological polar surface area (TPSA) is 63.5 Å². The molecule has 0 bridgehead atoms. The van der Waals surface area contributed by atoms with E-state index in [9.17, 15) is 0 Å². The Morgan fingerprint density at radius 3 is 2.64 bits per heavy atom. The summed E-state index contributed by atoms with van der Waals surface area (Å²) in [7, 11) is 0. The van der Waals surface area contributed by atoms with Crippen molar-refractivity contribution in [1.29, 1.82) is 5.26 Å². The van der Waals surface area contributed by atoms with E-state index in [0.717, 1.165) is 44.1 Å². The monoisotopic (exact) mass is 375 g/mol. The van der Waals surface area contributed by atoms with Crippen molar-refractivity contribution < 1.29 is 0 Å². The zero-order valence-electron chi connectivity index (χ0n) is 16.6. The summed E-state index contributed by atoms with van der Waals surface area (Å²) in [4.78, 5) is 7.25. The number of aliphatic imine (C=N–C) groups is 1. The average Bonchev–Trinajstić information content (AvgIpc) is 2.73. The van der Waals surface area contributed by atoms with Crippen LogP contribution in [0, 0.1) is 11.3 Å². The minimum absolute atomic E-state index is 0.399. The Hall–Kier alpha value is -2.84. The molecule has 1 aliphatic heterocycles. The van der Waals surface area contributed by atoms with Crippen LogP contribution in [-0.2, 0) is 13.1 Å². The van der Waals surface area contributed by atoms with Crippen LogP contribution < -0.4 is 10.6 Å². The summed E-state index contributed by atoms with van der Waals surface area (Å²) >= 11 is 0. The predicted octanol–water partition coefficient (Wildman–Crippen LogP) is 3.28. The van der Waals surface area contributed by atoms with E-state index >= 15 is 0 Å². The molecule has 0 aliphatic carbocycles. The third kappa shape index (κ3) is 6.11. The van der Waals surface area contributed by atoms with Crippen LogP contribution in [0.3, 0.4) is 0 Å². The lowest BCUT2D eigenvalue weighted by molar-refractivity contribution is 0.192. The molecule has 1 unspecified atom stereocenters. The Morgan fingerprint density at radius 1 is 1.14 bits per heavy atom. The van der Waals surface area contributed by atoms with Crippen LogP contribution in [0.15, 0.2) is 59.6 Å². The molecular weight excluding hydrogens is 346 g/mol. The lowest BCUT2D eigenvalue weighted by atomic mass is 10.0. The molecule has 1 heterocycles. The first kappa shape index (κ1) is 19.9. The van der Waals surface area contributed by atoms with E-state index in [-0.39, 0.29) is 0 Å². The number of rotatable bonds is 6. The fraction of sp³-hybridized carbons (Fsp3) is 0.391. The number of nitrogens with one attached hydrogen (secondary N) is 2. The molecule has 1 fully saturated rings. The standard InChI is InChI=1S/C23H29N5/c1-2-25-23(26-16-20-12-10-19(15-24)11-13-20)27-22-9-6-14-28(18-22)17-21-7-4-3-5-8-21/h3-5,7-8,10-13,22H,2,6,9,14,16-18H2,1H3,(H2,25,26,27). The second-order valence-electron chi connectivity index (χ2n) is 7.21. The summed E-state index contributed by atoms with van der Waals surface area (Å²) in [5.41, 5.74) is 3.15. The number of benzene rings is 2. The largest absolute Gasteiger partial charge is 0.357 e. The number of piperidine rings is 1. The highest BCUT2D eigenvalue weighted by Gasteiger charge is 2.20. The van der Waals surface area contributed by atoms with Gasteiger partial charge in [-0.15, -0.1) is 0 Å². The van der Waals surface area contributed by atoms with E-state index in [2.05, 4.69) is 58.9 Å². The molecule has 3 rings (SSSR count). The van der Waals surface area contributed by atoms with Crippen molar-refractivity contribution in [1.82, 2.24) is 15.5 Å². The molecular formula is C23H29N5. The number of likely N-dealkylation sites (tertiary alicyclic amines) is 1. The first-order valence-electron chi connectivity index (χ1n) is 10.1. The maximum atomic E-state index is 8.91. The van der Waals surface area contributed by atoms with Crippen LogP contribution in [-0.4, -0.2) is 36.5 Å². The van der Waals surface area contributed by atoms with Gasteiger partial charge in [-0.3, -0.25) is 4.90 Å². The first-order chi connectivity index (χ1) is 13.8. The SMILES string of the molecule is CCNC(=NCc1ccc(C#N)cc1)NC1CCCN(Cc2ccccc2)C1. The van der Waals surface area contributed by atoms with Crippen LogP contribution >= 0.6 is 0 Å². The second kappa shape index (κ2) is 10.5. The third-order valence-corrected chi connectivity index (χ3v) is 4.94. The maximum absolute atomic E-state index is 8.91. The van der Waals surface area contributed by atoms with Crippen molar-refractivity contribution in [2.45, 2.75) is 38.9 Å². The summed E-state index contributed by atoms with van der Waals surface area (Å²) in [5.74, 6) is 0.860. The molecule has 1 aliphatic rings. The first-order valence-corrected chi connectivity index (χ1v) is 10.1. The maximum Gasteiger partial charge on any atom is 0.191 e. The fourth-order valence-corrected chi connectivity index (χ4v) is 3.53. The zero-order valence-corrected chi connectivity index (χ0v) is 16.6. The van der Waals surface area contributed by atoms with Gasteiger partial charge < -0.3 is 10.6 Å². The van der Waals surface area contributed by atoms with Gasteiger partial charge in [-0.1, -0.05) is 42.5 Å². The van der Waals surface area contributed by atoms with E-state index in [0.29, 0.717) is 18.2 Å². The molecule has 0 amide bonds. The minimum atomic E-state index is 0.399. The van der Waals surface area contributed by atoms with Crippen molar-refractivity contribution >= 4 is 5.96 Å². The minimum Gasteiger partial charge on any atom is -0.357 e. The van der Waals surface area contributed by atoms with Crippen molar-refractivity contribution in [3.05, 3.63) is 71.3 Å². The highest BCUT2D eigenvalue weighted by atomic mass is 15.2. The van der Waals surface area contributed by atoms with E-state index < -0.39 is 0 Å². The third-order valence-electron chi connectivity index (χ3n) is 4.94. The summed E-state index contributed by atoms with van der Waals surface area (Å²) in [6.45, 7) is 6.68. The molecule has 1 saturated heterocycles. The van der Waals surface area contributed by atoms with E-state index in [1.165, 1.54) is 12.0 Å². The van der Waals surface area contributed by atoms with Crippen molar-refractivity contribution in [2.24, 2.45) is 4.99 Å². The molecule has 0 aromatic heterocycles. The lowest BCUT2D eigenvalue weighted by Crippen LogP contribution is -2.50. The van der Waals surface area contributed by atoms with Gasteiger partial charge in [0.05, 0.1) is 18.2 Å². The summed E-state index contributed by atoms with van der Waals surface area (Å²) in [6.07, 6.45) is 2.35. The number of nitrogens with zero attached hydrogens (tertiary/aromatic N) is 3. The van der Waals surface area contributed by atoms with Crippen LogP contribution in [0.1, 0.15) is 36.5 Å². The average molecular weight is 376 g/mol. The van der Waals surface area contributed by atoms with Gasteiger partial charge in [0.2, 0.25) is 0 Å². The van der Waals surface area contributed by atoms with Gasteiger partial charge in [0, 0.05) is 25.7 Å². The highest BCUT2D eigenvalue weighted by Crippen LogP contribution is 2.14. The molecule has 0 saturated carbocycles. The van der Waals surface area contributed by atoms with Crippen LogP contribution in [0.25, 0.3) is 0 Å². The second-order valence-corrected chi connectivity index (χ2v) is 7.21. The Balaban J connectivity index is 1.57. The van der Waals surface area contributed by atoms with Gasteiger partial charge in [0.15, 0.2) is 5.96 Å². The summed E-state index contributed by atoms with van der Waals surface area (Å²) in [6, 6.07) is 20.8. The van der Waals surface area contributed by atoms with Gasteiger partial charge in [-0.25, -0.2) is 4.99 Å². The van der Waals surface area contributed by atoms with Gasteiger partial charge in [0.1, 0.15) is 0 Å². The molecule has 5 heteroatoms. The number of guanidine groups is 1. The fourth-order valence-electron chi connectivity index (χ4n) is 3.53. The normalized spacial score (nSPS) is 17.7. The Morgan fingerprint density at radius 2 is 1.93 bits per heavy atom. The van der Waals surface area contributed by atoms with E-state index in [1.807, 2.05) is 24.3 Å². The zero-order chi connectivity index (χ0) is 19.6. The van der Waals surface area contributed by atoms with Crippen LogP contribution in [0.4, 0.5) is 0 Å². The van der Waals surface area contributed by atoms with Crippen molar-refractivity contribution in [3.8, 4) is 6.07 Å².